The Bertz CT molecular complexity index is 557. The van der Waals surface area contributed by atoms with Gasteiger partial charge in [-0.05, 0) is 43.9 Å². The van der Waals surface area contributed by atoms with Crippen molar-refractivity contribution < 1.29 is 14.2 Å². The molecule has 6 nitrogen and oxygen atoms in total. The van der Waals surface area contributed by atoms with E-state index in [1.165, 1.54) is 5.56 Å². The first-order valence-corrected chi connectivity index (χ1v) is 8.92. The van der Waals surface area contributed by atoms with Gasteiger partial charge in [-0.1, -0.05) is 12.1 Å². The number of nitrogens with zero attached hydrogens (tertiary/aromatic N) is 1. The van der Waals surface area contributed by atoms with Gasteiger partial charge in [0.25, 0.3) is 0 Å². The molecule has 1 aliphatic rings. The lowest BCUT2D eigenvalue weighted by atomic mass is 10.1. The molecule has 2 atom stereocenters. The Balaban J connectivity index is 1.70. The maximum atomic E-state index is 5.84. The van der Waals surface area contributed by atoms with Crippen molar-refractivity contribution >= 4 is 5.96 Å². The van der Waals surface area contributed by atoms with Crippen molar-refractivity contribution in [2.75, 3.05) is 40.5 Å². The summed E-state index contributed by atoms with van der Waals surface area (Å²) in [5, 5.41) is 6.70. The second kappa shape index (κ2) is 10.3. The summed E-state index contributed by atoms with van der Waals surface area (Å²) in [5.41, 5.74) is 2.39. The standard InChI is InChI=1S/C19H31N3O3/c1-14-5-6-16(11-18(14)23-4)7-9-21-19(20-3)22-15(2)12-25-17-8-10-24-13-17/h5-6,11,15,17H,7-10,12-13H2,1-4H3,(H2,20,21,22). The molecule has 1 aliphatic heterocycles. The monoisotopic (exact) mass is 349 g/mol. The Labute approximate surface area is 151 Å². The van der Waals surface area contributed by atoms with Gasteiger partial charge in [0.1, 0.15) is 5.75 Å². The fourth-order valence-corrected chi connectivity index (χ4v) is 2.74. The first-order chi connectivity index (χ1) is 12.1. The predicted molar refractivity (Wildman–Crippen MR) is 101 cm³/mol. The van der Waals surface area contributed by atoms with E-state index in [4.69, 9.17) is 14.2 Å². The summed E-state index contributed by atoms with van der Waals surface area (Å²) in [6, 6.07) is 6.50. The Morgan fingerprint density at radius 1 is 1.44 bits per heavy atom. The van der Waals surface area contributed by atoms with Crippen LogP contribution in [0.4, 0.5) is 0 Å². The van der Waals surface area contributed by atoms with Crippen molar-refractivity contribution in [2.45, 2.75) is 38.8 Å². The van der Waals surface area contributed by atoms with Crippen LogP contribution in [0.5, 0.6) is 5.75 Å². The molecule has 2 unspecified atom stereocenters. The van der Waals surface area contributed by atoms with Crippen LogP contribution in [0, 0.1) is 6.92 Å². The van der Waals surface area contributed by atoms with Gasteiger partial charge in [0.05, 0.1) is 26.4 Å². The molecule has 1 aromatic rings. The van der Waals surface area contributed by atoms with Gasteiger partial charge in [0.2, 0.25) is 0 Å². The third-order valence-electron chi connectivity index (χ3n) is 4.26. The molecule has 0 bridgehead atoms. The zero-order valence-corrected chi connectivity index (χ0v) is 15.8. The fourth-order valence-electron chi connectivity index (χ4n) is 2.74. The third kappa shape index (κ3) is 6.55. The fraction of sp³-hybridized carbons (Fsp3) is 0.632. The Hall–Kier alpha value is -1.79. The van der Waals surface area contributed by atoms with E-state index in [0.717, 1.165) is 43.3 Å². The molecule has 0 saturated carbocycles. The van der Waals surface area contributed by atoms with Crippen LogP contribution in [-0.2, 0) is 15.9 Å². The summed E-state index contributed by atoms with van der Waals surface area (Å²) in [6.45, 7) is 7.10. The van der Waals surface area contributed by atoms with Crippen molar-refractivity contribution in [3.8, 4) is 5.75 Å². The number of ether oxygens (including phenoxy) is 3. The number of rotatable bonds is 8. The highest BCUT2D eigenvalue weighted by molar-refractivity contribution is 5.79. The first kappa shape index (κ1) is 19.5. The Morgan fingerprint density at radius 3 is 2.96 bits per heavy atom. The number of hydrogen-bond acceptors (Lipinski definition) is 4. The number of nitrogens with one attached hydrogen (secondary N) is 2. The van der Waals surface area contributed by atoms with Gasteiger partial charge < -0.3 is 24.8 Å². The van der Waals surface area contributed by atoms with Gasteiger partial charge in [-0.2, -0.15) is 0 Å². The predicted octanol–water partition coefficient (Wildman–Crippen LogP) is 1.91. The van der Waals surface area contributed by atoms with E-state index in [0.29, 0.717) is 13.2 Å². The van der Waals surface area contributed by atoms with Crippen LogP contribution < -0.4 is 15.4 Å². The average molecular weight is 349 g/mol. The van der Waals surface area contributed by atoms with Crippen LogP contribution in [-0.4, -0.2) is 58.6 Å². The topological polar surface area (TPSA) is 64.1 Å². The molecule has 1 fully saturated rings. The maximum Gasteiger partial charge on any atom is 0.191 e. The molecule has 25 heavy (non-hydrogen) atoms. The smallest absolute Gasteiger partial charge is 0.191 e. The highest BCUT2D eigenvalue weighted by Crippen LogP contribution is 2.19. The van der Waals surface area contributed by atoms with Crippen LogP contribution in [0.25, 0.3) is 0 Å². The normalized spacial score (nSPS) is 18.9. The molecule has 140 valence electrons. The van der Waals surface area contributed by atoms with E-state index in [1.54, 1.807) is 14.2 Å². The van der Waals surface area contributed by atoms with E-state index in [2.05, 4.69) is 40.7 Å². The number of methoxy groups -OCH3 is 1. The van der Waals surface area contributed by atoms with Crippen LogP contribution in [0.1, 0.15) is 24.5 Å². The molecule has 2 N–H and O–H groups in total. The molecule has 0 aromatic heterocycles. The maximum absolute atomic E-state index is 5.84. The molecule has 1 heterocycles. The lowest BCUT2D eigenvalue weighted by molar-refractivity contribution is 0.0347. The number of hydrogen-bond donors (Lipinski definition) is 2. The van der Waals surface area contributed by atoms with Gasteiger partial charge in [0, 0.05) is 26.2 Å². The number of aliphatic imine (C=N–C) groups is 1. The minimum absolute atomic E-state index is 0.186. The third-order valence-corrected chi connectivity index (χ3v) is 4.26. The molecule has 0 amide bonds. The molecular weight excluding hydrogens is 318 g/mol. The van der Waals surface area contributed by atoms with Crippen molar-refractivity contribution in [1.29, 1.82) is 0 Å². The van der Waals surface area contributed by atoms with Crippen LogP contribution in [0.3, 0.4) is 0 Å². The van der Waals surface area contributed by atoms with Crippen molar-refractivity contribution in [2.24, 2.45) is 4.99 Å². The van der Waals surface area contributed by atoms with Crippen LogP contribution in [0.2, 0.25) is 0 Å². The van der Waals surface area contributed by atoms with E-state index in [-0.39, 0.29) is 12.1 Å². The van der Waals surface area contributed by atoms with Crippen LogP contribution in [0.15, 0.2) is 23.2 Å². The summed E-state index contributed by atoms with van der Waals surface area (Å²) >= 11 is 0. The van der Waals surface area contributed by atoms with Gasteiger partial charge in [-0.15, -0.1) is 0 Å². The molecule has 1 aromatic carbocycles. The van der Waals surface area contributed by atoms with Gasteiger partial charge in [0.15, 0.2) is 5.96 Å². The zero-order valence-electron chi connectivity index (χ0n) is 15.8. The van der Waals surface area contributed by atoms with Gasteiger partial charge in [-0.3, -0.25) is 4.99 Å². The molecule has 1 saturated heterocycles. The van der Waals surface area contributed by atoms with Crippen molar-refractivity contribution in [3.63, 3.8) is 0 Å². The summed E-state index contributed by atoms with van der Waals surface area (Å²) in [6.07, 6.45) is 2.12. The number of aryl methyl sites for hydroxylation is 1. The number of benzene rings is 1. The minimum atomic E-state index is 0.186. The van der Waals surface area contributed by atoms with E-state index < -0.39 is 0 Å². The zero-order chi connectivity index (χ0) is 18.1. The Morgan fingerprint density at radius 2 is 2.28 bits per heavy atom. The molecule has 0 radical (unpaired) electrons. The second-order valence-corrected chi connectivity index (χ2v) is 6.42. The molecule has 0 aliphatic carbocycles. The lowest BCUT2D eigenvalue weighted by Crippen LogP contribution is -2.45. The van der Waals surface area contributed by atoms with E-state index in [1.807, 2.05) is 6.92 Å². The van der Waals surface area contributed by atoms with Gasteiger partial charge in [-0.25, -0.2) is 0 Å². The Kier molecular flexibility index (Phi) is 8.01. The van der Waals surface area contributed by atoms with Crippen molar-refractivity contribution in [1.82, 2.24) is 10.6 Å². The molecule has 0 spiro atoms. The van der Waals surface area contributed by atoms with E-state index in [9.17, 15) is 0 Å². The summed E-state index contributed by atoms with van der Waals surface area (Å²) in [4.78, 5) is 4.28. The lowest BCUT2D eigenvalue weighted by Gasteiger charge is -2.19. The summed E-state index contributed by atoms with van der Waals surface area (Å²) in [7, 11) is 3.49. The summed E-state index contributed by atoms with van der Waals surface area (Å²) < 4.78 is 16.5. The van der Waals surface area contributed by atoms with Crippen molar-refractivity contribution in [3.05, 3.63) is 29.3 Å². The quantitative estimate of drug-likeness (QED) is 0.554. The molecule has 2 rings (SSSR count). The first-order valence-electron chi connectivity index (χ1n) is 8.92. The second-order valence-electron chi connectivity index (χ2n) is 6.42. The minimum Gasteiger partial charge on any atom is -0.496 e. The summed E-state index contributed by atoms with van der Waals surface area (Å²) in [5.74, 6) is 1.72. The van der Waals surface area contributed by atoms with E-state index >= 15 is 0 Å². The SMILES string of the molecule is CN=C(NCCc1ccc(C)c(OC)c1)NC(C)COC1CCOC1. The van der Waals surface area contributed by atoms with Gasteiger partial charge >= 0.3 is 0 Å². The highest BCUT2D eigenvalue weighted by atomic mass is 16.5. The highest BCUT2D eigenvalue weighted by Gasteiger charge is 2.17. The molecule has 6 heteroatoms. The average Bonchev–Trinajstić information content (AvgIpc) is 3.14. The molecular formula is C19H31N3O3. The van der Waals surface area contributed by atoms with Crippen LogP contribution >= 0.6 is 0 Å². The number of guanidine groups is 1. The largest absolute Gasteiger partial charge is 0.496 e.